The van der Waals surface area contributed by atoms with Gasteiger partial charge in [-0.1, -0.05) is 38.1 Å². The van der Waals surface area contributed by atoms with E-state index in [9.17, 15) is 9.18 Å². The molecule has 174 valence electrons. The minimum atomic E-state index is -0.609. The normalized spacial score (nSPS) is 18.8. The van der Waals surface area contributed by atoms with E-state index in [0.717, 1.165) is 43.9 Å². The second-order valence-corrected chi connectivity index (χ2v) is 8.95. The molecule has 5 nitrogen and oxygen atoms in total. The van der Waals surface area contributed by atoms with E-state index in [1.807, 2.05) is 19.9 Å². The molecule has 4 rings (SSSR count). The summed E-state index contributed by atoms with van der Waals surface area (Å²) in [6, 6.07) is 12.7. The van der Waals surface area contributed by atoms with Crippen molar-refractivity contribution in [3.8, 4) is 0 Å². The maximum absolute atomic E-state index is 13.8. The fourth-order valence-electron chi connectivity index (χ4n) is 4.41. The molecule has 2 N–H and O–H groups in total. The van der Waals surface area contributed by atoms with Crippen LogP contribution >= 0.6 is 0 Å². The van der Waals surface area contributed by atoms with Gasteiger partial charge in [0.2, 0.25) is 0 Å². The number of carbonyl (C=O) groups is 1. The Morgan fingerprint density at radius 3 is 2.52 bits per heavy atom. The second kappa shape index (κ2) is 9.49. The number of likely N-dealkylation sites (N-methyl/N-ethyl adjacent to an activating group) is 1. The number of carbonyl (C=O) groups excluding carboxylic acids is 1. The van der Waals surface area contributed by atoms with Crippen molar-refractivity contribution in [3.05, 3.63) is 76.8 Å². The third-order valence-electron chi connectivity index (χ3n) is 6.36. The van der Waals surface area contributed by atoms with E-state index in [0.29, 0.717) is 22.6 Å². The first kappa shape index (κ1) is 23.2. The molecule has 0 saturated carbocycles. The molecule has 0 radical (unpaired) electrons. The molecule has 0 spiro atoms. The summed E-state index contributed by atoms with van der Waals surface area (Å²) in [7, 11) is 0. The van der Waals surface area contributed by atoms with Crippen LogP contribution in [-0.4, -0.2) is 42.6 Å². The van der Waals surface area contributed by atoms with Gasteiger partial charge in [-0.2, -0.15) is 0 Å². The maximum atomic E-state index is 13.8. The molecule has 0 fully saturated rings. The Bertz CT molecular complexity index is 1100. The Morgan fingerprint density at radius 2 is 1.82 bits per heavy atom. The molecule has 33 heavy (non-hydrogen) atoms. The van der Waals surface area contributed by atoms with Crippen molar-refractivity contribution >= 4 is 22.7 Å². The number of nitrogens with zero attached hydrogens (tertiary/aromatic N) is 1. The summed E-state index contributed by atoms with van der Waals surface area (Å²) in [5, 5.41) is 6.30. The molecule has 0 atom stereocenters. The zero-order valence-electron chi connectivity index (χ0n) is 19.8. The van der Waals surface area contributed by atoms with Crippen LogP contribution in [0.15, 0.2) is 54.3 Å². The SMILES string of the molecule is CCN(CC)CCNCc1ccc(C2=C/C(=C3\C(=O)Nc4ccc(F)cc43)OC2(C)C)cc1. The predicted molar refractivity (Wildman–Crippen MR) is 131 cm³/mol. The molecule has 0 unspecified atom stereocenters. The van der Waals surface area contributed by atoms with Gasteiger partial charge in [0.15, 0.2) is 0 Å². The number of fused-ring (bicyclic) bond motifs is 1. The zero-order valence-corrected chi connectivity index (χ0v) is 19.8. The highest BCUT2D eigenvalue weighted by atomic mass is 19.1. The molecule has 2 aromatic rings. The van der Waals surface area contributed by atoms with Gasteiger partial charge < -0.3 is 20.3 Å². The van der Waals surface area contributed by atoms with E-state index < -0.39 is 5.60 Å². The Hall–Kier alpha value is -2.96. The summed E-state index contributed by atoms with van der Waals surface area (Å²) in [4.78, 5) is 15.0. The Morgan fingerprint density at radius 1 is 1.09 bits per heavy atom. The van der Waals surface area contributed by atoms with Crippen LogP contribution in [0.2, 0.25) is 0 Å². The molecule has 2 heterocycles. The number of amides is 1. The largest absolute Gasteiger partial charge is 0.482 e. The van der Waals surface area contributed by atoms with E-state index in [1.54, 1.807) is 6.07 Å². The number of hydrogen-bond acceptors (Lipinski definition) is 4. The molecule has 2 aliphatic heterocycles. The summed E-state index contributed by atoms with van der Waals surface area (Å²) in [5.41, 5.74) is 4.15. The molecule has 0 aliphatic carbocycles. The van der Waals surface area contributed by atoms with Crippen LogP contribution in [0.4, 0.5) is 10.1 Å². The summed E-state index contributed by atoms with van der Waals surface area (Å²) in [6.07, 6.45) is 1.91. The molecule has 0 aromatic heterocycles. The lowest BCUT2D eigenvalue weighted by atomic mass is 9.91. The van der Waals surface area contributed by atoms with E-state index in [1.165, 1.54) is 17.7 Å². The van der Waals surface area contributed by atoms with Gasteiger partial charge >= 0.3 is 0 Å². The smallest absolute Gasteiger partial charge is 0.260 e. The first-order valence-corrected chi connectivity index (χ1v) is 11.6. The van der Waals surface area contributed by atoms with Crippen LogP contribution in [0.3, 0.4) is 0 Å². The van der Waals surface area contributed by atoms with Crippen molar-refractivity contribution in [1.82, 2.24) is 10.2 Å². The number of hydrogen-bond donors (Lipinski definition) is 2. The topological polar surface area (TPSA) is 53.6 Å². The van der Waals surface area contributed by atoms with Crippen molar-refractivity contribution in [2.75, 3.05) is 31.5 Å². The fraction of sp³-hybridized carbons (Fsp3) is 0.370. The van der Waals surface area contributed by atoms with Crippen LogP contribution < -0.4 is 10.6 Å². The van der Waals surface area contributed by atoms with Crippen molar-refractivity contribution < 1.29 is 13.9 Å². The maximum Gasteiger partial charge on any atom is 0.260 e. The van der Waals surface area contributed by atoms with Gasteiger partial charge in [0.25, 0.3) is 5.91 Å². The van der Waals surface area contributed by atoms with Gasteiger partial charge in [0, 0.05) is 36.5 Å². The summed E-state index contributed by atoms with van der Waals surface area (Å²) >= 11 is 0. The average Bonchev–Trinajstić information content (AvgIpc) is 3.28. The molecule has 0 saturated heterocycles. The number of benzene rings is 2. The van der Waals surface area contributed by atoms with Crippen LogP contribution in [0.1, 0.15) is 44.4 Å². The van der Waals surface area contributed by atoms with Gasteiger partial charge in [-0.05, 0) is 62.3 Å². The highest BCUT2D eigenvalue weighted by Crippen LogP contribution is 2.44. The summed E-state index contributed by atoms with van der Waals surface area (Å²) in [6.45, 7) is 13.3. The molecular weight excluding hydrogens is 417 g/mol. The van der Waals surface area contributed by atoms with Gasteiger partial charge in [0.05, 0.1) is 5.57 Å². The Balaban J connectivity index is 1.52. The molecule has 2 aliphatic rings. The number of rotatable bonds is 8. The van der Waals surface area contributed by atoms with Gasteiger partial charge in [-0.25, -0.2) is 4.39 Å². The number of halogens is 1. The minimum absolute atomic E-state index is 0.273. The van der Waals surface area contributed by atoms with Crippen LogP contribution in [0.25, 0.3) is 11.1 Å². The van der Waals surface area contributed by atoms with Crippen molar-refractivity contribution in [2.45, 2.75) is 39.8 Å². The van der Waals surface area contributed by atoms with Crippen molar-refractivity contribution in [1.29, 1.82) is 0 Å². The van der Waals surface area contributed by atoms with E-state index in [4.69, 9.17) is 4.74 Å². The Kier molecular flexibility index (Phi) is 6.68. The zero-order chi connectivity index (χ0) is 23.6. The number of allylic oxidation sites excluding steroid dienone is 1. The van der Waals surface area contributed by atoms with Crippen LogP contribution in [0, 0.1) is 5.82 Å². The monoisotopic (exact) mass is 449 g/mol. The number of anilines is 1. The van der Waals surface area contributed by atoms with Crippen LogP contribution in [0.5, 0.6) is 0 Å². The lowest BCUT2D eigenvalue weighted by Gasteiger charge is -2.23. The lowest BCUT2D eigenvalue weighted by molar-refractivity contribution is -0.111. The third-order valence-corrected chi connectivity index (χ3v) is 6.36. The quantitative estimate of drug-likeness (QED) is 0.449. The third kappa shape index (κ3) is 4.87. The standard InChI is InChI=1S/C27H32FN3O2/c1-5-31(6-2)14-13-29-17-18-7-9-19(10-8-18)22-16-24(33-27(22,3)4)25-21-15-20(28)11-12-23(21)30-26(25)32/h7-12,15-16,29H,5-6,13-14,17H2,1-4H3,(H,30,32)/b25-24+. The van der Waals surface area contributed by atoms with Crippen LogP contribution in [-0.2, 0) is 16.1 Å². The number of nitrogens with one attached hydrogen (secondary N) is 2. The molecule has 6 heteroatoms. The molecular formula is C27H32FN3O2. The predicted octanol–water partition coefficient (Wildman–Crippen LogP) is 4.81. The minimum Gasteiger partial charge on any atom is -0.482 e. The highest BCUT2D eigenvalue weighted by Gasteiger charge is 2.38. The van der Waals surface area contributed by atoms with Gasteiger partial charge in [-0.3, -0.25) is 4.79 Å². The van der Waals surface area contributed by atoms with E-state index in [-0.39, 0.29) is 11.7 Å². The molecule has 1 amide bonds. The van der Waals surface area contributed by atoms with Crippen molar-refractivity contribution in [3.63, 3.8) is 0 Å². The van der Waals surface area contributed by atoms with Gasteiger partial charge in [0.1, 0.15) is 17.2 Å². The molecule has 0 bridgehead atoms. The average molecular weight is 450 g/mol. The fourth-order valence-corrected chi connectivity index (χ4v) is 4.41. The van der Waals surface area contributed by atoms with Gasteiger partial charge in [-0.15, -0.1) is 0 Å². The first-order valence-electron chi connectivity index (χ1n) is 11.6. The second-order valence-electron chi connectivity index (χ2n) is 8.95. The first-order chi connectivity index (χ1) is 15.8. The Labute approximate surface area is 195 Å². The lowest BCUT2D eigenvalue weighted by Crippen LogP contribution is -2.31. The summed E-state index contributed by atoms with van der Waals surface area (Å²) < 4.78 is 20.0. The van der Waals surface area contributed by atoms with E-state index >= 15 is 0 Å². The molecule has 2 aromatic carbocycles. The number of ether oxygens (including phenoxy) is 1. The summed E-state index contributed by atoms with van der Waals surface area (Å²) in [5.74, 6) is -0.185. The van der Waals surface area contributed by atoms with E-state index in [2.05, 4.69) is 53.6 Å². The van der Waals surface area contributed by atoms with Crippen molar-refractivity contribution in [2.24, 2.45) is 0 Å². The highest BCUT2D eigenvalue weighted by molar-refractivity contribution is 6.32.